The number of nitrogens with zero attached hydrogens (tertiary/aromatic N) is 2. The lowest BCUT2D eigenvalue weighted by Gasteiger charge is -2.26. The zero-order valence-electron chi connectivity index (χ0n) is 13.9. The van der Waals surface area contributed by atoms with Crippen LogP contribution in [0.15, 0.2) is 4.99 Å². The molecule has 1 atom stereocenters. The first kappa shape index (κ1) is 17.7. The van der Waals surface area contributed by atoms with Crippen LogP contribution in [0.5, 0.6) is 0 Å². The minimum absolute atomic E-state index is 0.132. The Labute approximate surface area is 135 Å². The highest BCUT2D eigenvalue weighted by atomic mass is 16.7. The van der Waals surface area contributed by atoms with Crippen molar-refractivity contribution in [1.29, 1.82) is 0 Å². The maximum Gasteiger partial charge on any atom is 0.364 e. The molecular formula is C15H24N2O6. The monoisotopic (exact) mass is 328 g/mol. The molecule has 130 valence electrons. The van der Waals surface area contributed by atoms with E-state index in [2.05, 4.69) is 4.99 Å². The summed E-state index contributed by atoms with van der Waals surface area (Å²) in [5.41, 5.74) is -1.69. The van der Waals surface area contributed by atoms with Crippen molar-refractivity contribution in [3.63, 3.8) is 0 Å². The second-order valence-electron chi connectivity index (χ2n) is 5.43. The smallest absolute Gasteiger partial charge is 0.364 e. The van der Waals surface area contributed by atoms with E-state index in [4.69, 9.17) is 19.0 Å². The molecule has 8 nitrogen and oxygen atoms in total. The second-order valence-corrected chi connectivity index (χ2v) is 5.43. The largest absolute Gasteiger partial charge is 0.466 e. The summed E-state index contributed by atoms with van der Waals surface area (Å²) in [5, 5.41) is 1.46. The maximum atomic E-state index is 12.4. The van der Waals surface area contributed by atoms with Crippen LogP contribution in [-0.2, 0) is 28.6 Å². The highest BCUT2D eigenvalue weighted by Crippen LogP contribution is 2.32. The fraction of sp³-hybridized carbons (Fsp3) is 0.800. The van der Waals surface area contributed by atoms with E-state index in [1.807, 2.05) is 0 Å². The van der Waals surface area contributed by atoms with Gasteiger partial charge >= 0.3 is 11.9 Å². The minimum atomic E-state index is -1.69. The maximum absolute atomic E-state index is 12.4. The van der Waals surface area contributed by atoms with Crippen LogP contribution in [0.4, 0.5) is 0 Å². The summed E-state index contributed by atoms with van der Waals surface area (Å²) >= 11 is 0. The third-order valence-corrected chi connectivity index (χ3v) is 3.78. The fourth-order valence-electron chi connectivity index (χ4n) is 2.73. The highest BCUT2D eigenvalue weighted by molar-refractivity contribution is 5.93. The van der Waals surface area contributed by atoms with Crippen molar-refractivity contribution in [2.45, 2.75) is 38.8 Å². The molecule has 0 aliphatic carbocycles. The van der Waals surface area contributed by atoms with Crippen molar-refractivity contribution >= 4 is 17.8 Å². The molecule has 0 N–H and O–H groups in total. The molecule has 0 bridgehead atoms. The van der Waals surface area contributed by atoms with Gasteiger partial charge in [-0.3, -0.25) is 4.79 Å². The molecule has 2 rings (SSSR count). The number of amidine groups is 1. The molecule has 0 spiro atoms. The first-order valence-corrected chi connectivity index (χ1v) is 7.95. The molecular weight excluding hydrogens is 304 g/mol. The fourth-order valence-corrected chi connectivity index (χ4v) is 2.73. The molecule has 23 heavy (non-hydrogen) atoms. The SMILES string of the molecule is CCOC(=O)CC1(C(=O)OCC)N=C(C2CCOCC2)N(C)O1. The summed E-state index contributed by atoms with van der Waals surface area (Å²) < 4.78 is 15.3. The second kappa shape index (κ2) is 7.74. The molecule has 0 aromatic rings. The number of ether oxygens (including phenoxy) is 3. The first-order valence-electron chi connectivity index (χ1n) is 7.95. The number of carbonyl (C=O) groups excluding carboxylic acids is 2. The first-order chi connectivity index (χ1) is 11.0. The predicted molar refractivity (Wildman–Crippen MR) is 80.4 cm³/mol. The molecule has 1 unspecified atom stereocenters. The van der Waals surface area contributed by atoms with Crippen LogP contribution in [-0.4, -0.2) is 62.0 Å². The van der Waals surface area contributed by atoms with Crippen molar-refractivity contribution in [3.8, 4) is 0 Å². The van der Waals surface area contributed by atoms with Gasteiger partial charge in [0.25, 0.3) is 5.72 Å². The summed E-state index contributed by atoms with van der Waals surface area (Å²) in [5.74, 6) is -0.453. The number of esters is 2. The predicted octanol–water partition coefficient (Wildman–Crippen LogP) is 0.901. The van der Waals surface area contributed by atoms with Crippen LogP contribution < -0.4 is 0 Å². The molecule has 1 fully saturated rings. The van der Waals surface area contributed by atoms with Crippen molar-refractivity contribution in [2.75, 3.05) is 33.5 Å². The number of hydrogen-bond donors (Lipinski definition) is 0. The number of rotatable bonds is 6. The van der Waals surface area contributed by atoms with Gasteiger partial charge in [0.05, 0.1) is 13.2 Å². The molecule has 2 heterocycles. The van der Waals surface area contributed by atoms with Crippen LogP contribution >= 0.6 is 0 Å². The van der Waals surface area contributed by atoms with E-state index in [0.717, 1.165) is 12.8 Å². The van der Waals surface area contributed by atoms with E-state index in [9.17, 15) is 9.59 Å². The lowest BCUT2D eigenvalue weighted by Crippen LogP contribution is -2.43. The minimum Gasteiger partial charge on any atom is -0.466 e. The standard InChI is InChI=1S/C15H24N2O6/c1-4-21-12(18)10-15(14(19)22-5-2)16-13(17(3)23-15)11-6-8-20-9-7-11/h11H,4-10H2,1-3H3. The number of aliphatic imine (C=N–C) groups is 1. The van der Waals surface area contributed by atoms with Gasteiger partial charge in [0.1, 0.15) is 12.3 Å². The molecule has 2 aliphatic rings. The van der Waals surface area contributed by atoms with Crippen LogP contribution in [0.1, 0.15) is 33.1 Å². The van der Waals surface area contributed by atoms with E-state index in [-0.39, 0.29) is 25.6 Å². The number of carbonyl (C=O) groups is 2. The molecule has 0 radical (unpaired) electrons. The van der Waals surface area contributed by atoms with Crippen LogP contribution in [0.25, 0.3) is 0 Å². The molecule has 0 aromatic heterocycles. The van der Waals surface area contributed by atoms with Crippen LogP contribution in [0, 0.1) is 5.92 Å². The number of hydroxylamine groups is 2. The summed E-state index contributed by atoms with van der Waals surface area (Å²) in [6.07, 6.45) is 1.28. The summed E-state index contributed by atoms with van der Waals surface area (Å²) in [7, 11) is 1.68. The quantitative estimate of drug-likeness (QED) is 0.670. The summed E-state index contributed by atoms with van der Waals surface area (Å²) in [4.78, 5) is 34.4. The molecule has 0 amide bonds. The Bertz CT molecular complexity index is 475. The zero-order chi connectivity index (χ0) is 16.9. The van der Waals surface area contributed by atoms with Crippen LogP contribution in [0.2, 0.25) is 0 Å². The van der Waals surface area contributed by atoms with Gasteiger partial charge < -0.3 is 14.2 Å². The highest BCUT2D eigenvalue weighted by Gasteiger charge is 2.51. The normalized spacial score (nSPS) is 25.2. The molecule has 0 saturated carbocycles. The van der Waals surface area contributed by atoms with Crippen molar-refractivity contribution < 1.29 is 28.6 Å². The average molecular weight is 328 g/mol. The molecule has 8 heteroatoms. The molecule has 1 saturated heterocycles. The van der Waals surface area contributed by atoms with E-state index in [0.29, 0.717) is 19.0 Å². The summed E-state index contributed by atoms with van der Waals surface area (Å²) in [6, 6.07) is 0. The van der Waals surface area contributed by atoms with Gasteiger partial charge in [0.2, 0.25) is 0 Å². The Morgan fingerprint density at radius 3 is 2.52 bits per heavy atom. The van der Waals surface area contributed by atoms with E-state index in [1.54, 1.807) is 20.9 Å². The third kappa shape index (κ3) is 4.00. The van der Waals surface area contributed by atoms with E-state index in [1.165, 1.54) is 5.06 Å². The Morgan fingerprint density at radius 1 is 1.26 bits per heavy atom. The van der Waals surface area contributed by atoms with Crippen LogP contribution in [0.3, 0.4) is 0 Å². The Balaban J connectivity index is 2.24. The van der Waals surface area contributed by atoms with Crippen molar-refractivity contribution in [1.82, 2.24) is 5.06 Å². The van der Waals surface area contributed by atoms with Crippen molar-refractivity contribution in [2.24, 2.45) is 10.9 Å². The van der Waals surface area contributed by atoms with Gasteiger partial charge in [0.15, 0.2) is 0 Å². The van der Waals surface area contributed by atoms with E-state index < -0.39 is 17.7 Å². The average Bonchev–Trinajstić information content (AvgIpc) is 2.86. The topological polar surface area (TPSA) is 86.7 Å². The number of hydrogen-bond acceptors (Lipinski definition) is 8. The Morgan fingerprint density at radius 2 is 1.91 bits per heavy atom. The van der Waals surface area contributed by atoms with E-state index >= 15 is 0 Å². The summed E-state index contributed by atoms with van der Waals surface area (Å²) in [6.45, 7) is 5.08. The van der Waals surface area contributed by atoms with Gasteiger partial charge in [-0.2, -0.15) is 0 Å². The van der Waals surface area contributed by atoms with Gasteiger partial charge in [0, 0.05) is 26.2 Å². The zero-order valence-corrected chi connectivity index (χ0v) is 13.9. The van der Waals surface area contributed by atoms with Gasteiger partial charge in [-0.15, -0.1) is 0 Å². The lowest BCUT2D eigenvalue weighted by molar-refractivity contribution is -0.208. The van der Waals surface area contributed by atoms with Gasteiger partial charge in [-0.05, 0) is 26.7 Å². The Kier molecular flexibility index (Phi) is 5.95. The molecule has 0 aromatic carbocycles. The Hall–Kier alpha value is -1.67. The van der Waals surface area contributed by atoms with Gasteiger partial charge in [-0.25, -0.2) is 19.7 Å². The van der Waals surface area contributed by atoms with Crippen molar-refractivity contribution in [3.05, 3.63) is 0 Å². The van der Waals surface area contributed by atoms with Gasteiger partial charge in [-0.1, -0.05) is 0 Å². The third-order valence-electron chi connectivity index (χ3n) is 3.78. The lowest BCUT2D eigenvalue weighted by atomic mass is 9.98. The molecule has 2 aliphatic heterocycles.